The van der Waals surface area contributed by atoms with Gasteiger partial charge in [0.15, 0.2) is 11.0 Å². The number of aromatic nitrogens is 5. The summed E-state index contributed by atoms with van der Waals surface area (Å²) in [5.74, 6) is 2.42. The van der Waals surface area contributed by atoms with Crippen LogP contribution in [0.3, 0.4) is 0 Å². The Morgan fingerprint density at radius 2 is 1.57 bits per heavy atom. The molecule has 4 rings (SSSR count). The first kappa shape index (κ1) is 20.8. The van der Waals surface area contributed by atoms with E-state index < -0.39 is 0 Å². The van der Waals surface area contributed by atoms with Gasteiger partial charge in [0, 0.05) is 22.6 Å². The maximum atomic E-state index is 5.79. The highest BCUT2D eigenvalue weighted by Crippen LogP contribution is 2.28. The molecule has 2 heterocycles. The average Bonchev–Trinajstić information content (AvgIpc) is 3.33. The summed E-state index contributed by atoms with van der Waals surface area (Å²) in [6.07, 6.45) is 0. The molecule has 0 saturated heterocycles. The van der Waals surface area contributed by atoms with Crippen LogP contribution < -0.4 is 0 Å². The van der Waals surface area contributed by atoms with Gasteiger partial charge in [0.25, 0.3) is 0 Å². The zero-order valence-electron chi connectivity index (χ0n) is 17.3. The molecule has 0 fully saturated rings. The van der Waals surface area contributed by atoms with Crippen molar-refractivity contribution in [2.24, 2.45) is 7.05 Å². The molecule has 0 unspecified atom stereocenters. The SMILES string of the molecule is Cn1c(SCc2nnc(-c3ccc(Br)cc3)o2)nnc1-c1ccc(C(C)(C)C)cc1. The molecule has 4 aromatic rings. The van der Waals surface area contributed by atoms with Gasteiger partial charge in [0.05, 0.1) is 5.75 Å². The van der Waals surface area contributed by atoms with Crippen LogP contribution in [0.15, 0.2) is 62.6 Å². The fourth-order valence-corrected chi connectivity index (χ4v) is 3.97. The molecular formula is C22H22BrN5OS. The second-order valence-electron chi connectivity index (χ2n) is 7.99. The van der Waals surface area contributed by atoms with Gasteiger partial charge in [-0.05, 0) is 35.2 Å². The van der Waals surface area contributed by atoms with Crippen molar-refractivity contribution < 1.29 is 4.42 Å². The van der Waals surface area contributed by atoms with E-state index in [2.05, 4.69) is 81.4 Å². The van der Waals surface area contributed by atoms with Crippen LogP contribution in [0.25, 0.3) is 22.8 Å². The van der Waals surface area contributed by atoms with Crippen molar-refractivity contribution in [2.75, 3.05) is 0 Å². The van der Waals surface area contributed by atoms with Crippen molar-refractivity contribution in [3.8, 4) is 22.8 Å². The first-order valence-corrected chi connectivity index (χ1v) is 11.3. The van der Waals surface area contributed by atoms with Crippen molar-refractivity contribution in [2.45, 2.75) is 37.1 Å². The summed E-state index contributed by atoms with van der Waals surface area (Å²) in [4.78, 5) is 0. The van der Waals surface area contributed by atoms with Crippen LogP contribution in [0.1, 0.15) is 32.2 Å². The highest BCUT2D eigenvalue weighted by molar-refractivity contribution is 9.10. The van der Waals surface area contributed by atoms with Gasteiger partial charge < -0.3 is 8.98 Å². The van der Waals surface area contributed by atoms with Gasteiger partial charge >= 0.3 is 0 Å². The fraction of sp³-hybridized carbons (Fsp3) is 0.273. The number of hydrogen-bond acceptors (Lipinski definition) is 6. The van der Waals surface area contributed by atoms with E-state index >= 15 is 0 Å². The van der Waals surface area contributed by atoms with E-state index in [9.17, 15) is 0 Å². The van der Waals surface area contributed by atoms with Crippen molar-refractivity contribution in [3.05, 3.63) is 64.5 Å². The molecular weight excluding hydrogens is 462 g/mol. The molecule has 30 heavy (non-hydrogen) atoms. The summed E-state index contributed by atoms with van der Waals surface area (Å²) in [5.41, 5.74) is 3.35. The number of rotatable bonds is 5. The van der Waals surface area contributed by atoms with Crippen LogP contribution in [0, 0.1) is 0 Å². The maximum absolute atomic E-state index is 5.79. The third kappa shape index (κ3) is 4.49. The lowest BCUT2D eigenvalue weighted by atomic mass is 9.87. The second-order valence-corrected chi connectivity index (χ2v) is 9.85. The van der Waals surface area contributed by atoms with Crippen LogP contribution in [0.2, 0.25) is 0 Å². The molecule has 154 valence electrons. The molecule has 0 N–H and O–H groups in total. The normalized spacial score (nSPS) is 11.8. The van der Waals surface area contributed by atoms with Crippen molar-refractivity contribution >= 4 is 27.7 Å². The van der Waals surface area contributed by atoms with Gasteiger partial charge in [0.2, 0.25) is 11.8 Å². The first-order valence-electron chi connectivity index (χ1n) is 9.53. The van der Waals surface area contributed by atoms with Gasteiger partial charge in [-0.2, -0.15) is 0 Å². The zero-order valence-corrected chi connectivity index (χ0v) is 19.7. The minimum atomic E-state index is 0.124. The lowest BCUT2D eigenvalue weighted by molar-refractivity contribution is 0.528. The molecule has 0 amide bonds. The molecule has 0 bridgehead atoms. The maximum Gasteiger partial charge on any atom is 0.247 e. The summed E-state index contributed by atoms with van der Waals surface area (Å²) in [6.45, 7) is 6.62. The van der Waals surface area contributed by atoms with Gasteiger partial charge in [-0.3, -0.25) is 0 Å². The van der Waals surface area contributed by atoms with Crippen LogP contribution in [0.4, 0.5) is 0 Å². The summed E-state index contributed by atoms with van der Waals surface area (Å²) in [7, 11) is 1.97. The fourth-order valence-electron chi connectivity index (χ4n) is 2.96. The Kier molecular flexibility index (Phi) is 5.79. The zero-order chi connectivity index (χ0) is 21.3. The van der Waals surface area contributed by atoms with Gasteiger partial charge in [-0.25, -0.2) is 0 Å². The molecule has 2 aromatic carbocycles. The van der Waals surface area contributed by atoms with Crippen molar-refractivity contribution in [1.29, 1.82) is 0 Å². The van der Waals surface area contributed by atoms with E-state index in [0.717, 1.165) is 26.6 Å². The van der Waals surface area contributed by atoms with Crippen molar-refractivity contribution in [3.63, 3.8) is 0 Å². The Morgan fingerprint density at radius 3 is 2.23 bits per heavy atom. The number of benzene rings is 2. The highest BCUT2D eigenvalue weighted by atomic mass is 79.9. The van der Waals surface area contributed by atoms with E-state index in [0.29, 0.717) is 17.5 Å². The molecule has 0 atom stereocenters. The van der Waals surface area contributed by atoms with E-state index in [1.54, 1.807) is 0 Å². The summed E-state index contributed by atoms with van der Waals surface area (Å²) in [5, 5.41) is 17.8. The lowest BCUT2D eigenvalue weighted by Gasteiger charge is -2.19. The van der Waals surface area contributed by atoms with Crippen LogP contribution in [0.5, 0.6) is 0 Å². The number of nitrogens with zero attached hydrogens (tertiary/aromatic N) is 5. The predicted octanol–water partition coefficient (Wildman–Crippen LogP) is 5.88. The predicted molar refractivity (Wildman–Crippen MR) is 122 cm³/mol. The Morgan fingerprint density at radius 1 is 0.900 bits per heavy atom. The standard InChI is InChI=1S/C22H22BrN5OS/c1-22(2,3)16-9-5-14(6-10-16)19-25-27-21(28(19)4)30-13-18-24-26-20(29-18)15-7-11-17(23)12-8-15/h5-12H,13H2,1-4H3. The van der Waals surface area contributed by atoms with Gasteiger partial charge in [-0.1, -0.05) is 72.7 Å². The van der Waals surface area contributed by atoms with Gasteiger partial charge in [-0.15, -0.1) is 20.4 Å². The highest BCUT2D eigenvalue weighted by Gasteiger charge is 2.16. The van der Waals surface area contributed by atoms with E-state index in [1.807, 2.05) is 35.9 Å². The molecule has 2 aromatic heterocycles. The number of thioether (sulfide) groups is 1. The quantitative estimate of drug-likeness (QED) is 0.329. The number of halogens is 1. The summed E-state index contributed by atoms with van der Waals surface area (Å²) in [6, 6.07) is 16.3. The Bertz CT molecular complexity index is 1140. The minimum absolute atomic E-state index is 0.124. The van der Waals surface area contributed by atoms with Crippen LogP contribution in [-0.4, -0.2) is 25.0 Å². The van der Waals surface area contributed by atoms with E-state index in [4.69, 9.17) is 4.42 Å². The second kappa shape index (κ2) is 8.35. The van der Waals surface area contributed by atoms with E-state index in [-0.39, 0.29) is 5.41 Å². The molecule has 8 heteroatoms. The smallest absolute Gasteiger partial charge is 0.247 e. The molecule has 0 aliphatic rings. The minimum Gasteiger partial charge on any atom is -0.420 e. The lowest BCUT2D eigenvalue weighted by Crippen LogP contribution is -2.10. The van der Waals surface area contributed by atoms with Crippen LogP contribution in [-0.2, 0) is 18.2 Å². The molecule has 0 saturated carbocycles. The largest absolute Gasteiger partial charge is 0.420 e. The molecule has 0 radical (unpaired) electrons. The molecule has 0 aliphatic heterocycles. The van der Waals surface area contributed by atoms with Crippen LogP contribution >= 0.6 is 27.7 Å². The third-order valence-corrected chi connectivity index (χ3v) is 6.26. The average molecular weight is 484 g/mol. The Labute approximate surface area is 188 Å². The molecule has 0 aliphatic carbocycles. The topological polar surface area (TPSA) is 69.6 Å². The van der Waals surface area contributed by atoms with E-state index in [1.165, 1.54) is 17.3 Å². The van der Waals surface area contributed by atoms with Crippen molar-refractivity contribution in [1.82, 2.24) is 25.0 Å². The summed E-state index contributed by atoms with van der Waals surface area (Å²) >= 11 is 4.95. The van der Waals surface area contributed by atoms with Gasteiger partial charge in [0.1, 0.15) is 0 Å². The first-order chi connectivity index (χ1) is 14.3. The molecule has 0 spiro atoms. The third-order valence-electron chi connectivity index (χ3n) is 4.73. The Hall–Kier alpha value is -2.45. The monoisotopic (exact) mass is 483 g/mol. The summed E-state index contributed by atoms with van der Waals surface area (Å²) < 4.78 is 8.79. The molecule has 6 nitrogen and oxygen atoms in total. The Balaban J connectivity index is 1.45. The number of hydrogen-bond donors (Lipinski definition) is 0.